The van der Waals surface area contributed by atoms with Gasteiger partial charge in [0, 0.05) is 30.5 Å². The fourth-order valence-corrected chi connectivity index (χ4v) is 3.84. The predicted molar refractivity (Wildman–Crippen MR) is 118 cm³/mol. The lowest BCUT2D eigenvalue weighted by Crippen LogP contribution is -2.30. The molecule has 28 heavy (non-hydrogen) atoms. The summed E-state index contributed by atoms with van der Waals surface area (Å²) in [6.45, 7) is 4.48. The van der Waals surface area contributed by atoms with Crippen LogP contribution in [0.4, 0.5) is 5.13 Å². The van der Waals surface area contributed by atoms with E-state index in [0.29, 0.717) is 0 Å². The van der Waals surface area contributed by atoms with E-state index in [0.717, 1.165) is 42.2 Å². The Morgan fingerprint density at radius 1 is 1.04 bits per heavy atom. The Morgan fingerprint density at radius 2 is 1.75 bits per heavy atom. The molecule has 4 nitrogen and oxygen atoms in total. The van der Waals surface area contributed by atoms with Crippen LogP contribution in [0, 0.1) is 0 Å². The second kappa shape index (κ2) is 10.0. The molecule has 146 valence electrons. The van der Waals surface area contributed by atoms with E-state index in [4.69, 9.17) is 4.98 Å². The number of nitrogens with one attached hydrogen (secondary N) is 2. The van der Waals surface area contributed by atoms with Crippen LogP contribution in [0.5, 0.6) is 0 Å². The summed E-state index contributed by atoms with van der Waals surface area (Å²) in [6, 6.07) is 19.2. The maximum Gasteiger partial charge on any atom is 0.217 e. The van der Waals surface area contributed by atoms with Gasteiger partial charge < -0.3 is 10.6 Å². The summed E-state index contributed by atoms with van der Waals surface area (Å²) in [4.78, 5) is 15.8. The number of aromatic nitrogens is 1. The van der Waals surface area contributed by atoms with Crippen LogP contribution in [0.3, 0.4) is 0 Å². The first-order valence-electron chi connectivity index (χ1n) is 9.70. The molecule has 1 amide bonds. The Morgan fingerprint density at radius 3 is 2.46 bits per heavy atom. The second-order valence-corrected chi connectivity index (χ2v) is 7.90. The highest BCUT2D eigenvalue weighted by molar-refractivity contribution is 7.14. The quantitative estimate of drug-likeness (QED) is 0.542. The molecule has 0 spiro atoms. The molecule has 0 radical (unpaired) electrons. The first-order valence-corrected chi connectivity index (χ1v) is 10.6. The normalized spacial score (nSPS) is 11.8. The van der Waals surface area contributed by atoms with Crippen LogP contribution in [-0.4, -0.2) is 23.5 Å². The summed E-state index contributed by atoms with van der Waals surface area (Å²) in [5, 5.41) is 9.39. The van der Waals surface area contributed by atoms with Crippen molar-refractivity contribution >= 4 is 22.4 Å². The van der Waals surface area contributed by atoms with Crippen molar-refractivity contribution in [2.24, 2.45) is 0 Å². The Kier molecular flexibility index (Phi) is 7.20. The summed E-state index contributed by atoms with van der Waals surface area (Å²) in [5.74, 6) is 0.0274. The number of thiazole rings is 1. The van der Waals surface area contributed by atoms with Crippen molar-refractivity contribution < 1.29 is 4.79 Å². The Balaban J connectivity index is 1.49. The van der Waals surface area contributed by atoms with E-state index in [2.05, 4.69) is 64.5 Å². The van der Waals surface area contributed by atoms with Crippen LogP contribution < -0.4 is 10.6 Å². The molecule has 0 unspecified atom stereocenters. The molecule has 0 aliphatic rings. The van der Waals surface area contributed by atoms with Crippen molar-refractivity contribution in [1.29, 1.82) is 0 Å². The average Bonchev–Trinajstić information content (AvgIpc) is 3.16. The number of rotatable bonds is 9. The first kappa shape index (κ1) is 20.1. The number of amides is 1. The number of carbonyl (C=O) groups excluding carboxylic acids is 1. The molecule has 3 rings (SSSR count). The van der Waals surface area contributed by atoms with Crippen molar-refractivity contribution in [2.45, 2.75) is 39.2 Å². The van der Waals surface area contributed by atoms with E-state index in [1.165, 1.54) is 11.1 Å². The van der Waals surface area contributed by atoms with Crippen LogP contribution in [0.2, 0.25) is 0 Å². The third kappa shape index (κ3) is 6.20. The fourth-order valence-electron chi connectivity index (χ4n) is 3.09. The largest absolute Gasteiger partial charge is 0.361 e. The molecule has 0 saturated heterocycles. The number of nitrogens with zero attached hydrogens (tertiary/aromatic N) is 1. The standard InChI is InChI=1S/C23H27N3OS/c1-17(25-18(2)27)8-9-20-10-12-21(13-11-20)22-16-28-23(26-22)24-15-14-19-6-4-3-5-7-19/h3-7,10-13,16-17H,8-9,14-15H2,1-2H3,(H,24,26)(H,25,27)/t17-/m0/s1. The summed E-state index contributed by atoms with van der Waals surface area (Å²) in [6.07, 6.45) is 2.87. The number of anilines is 1. The number of benzene rings is 2. The molecular formula is C23H27N3OS. The second-order valence-electron chi connectivity index (χ2n) is 7.04. The van der Waals surface area contributed by atoms with Gasteiger partial charge >= 0.3 is 0 Å². The van der Waals surface area contributed by atoms with Gasteiger partial charge in [0.25, 0.3) is 0 Å². The van der Waals surface area contributed by atoms with E-state index in [1.54, 1.807) is 18.3 Å². The van der Waals surface area contributed by atoms with Gasteiger partial charge in [-0.2, -0.15) is 0 Å². The van der Waals surface area contributed by atoms with Gasteiger partial charge in [-0.1, -0.05) is 54.6 Å². The van der Waals surface area contributed by atoms with Gasteiger partial charge in [0.2, 0.25) is 5.91 Å². The average molecular weight is 394 g/mol. The lowest BCUT2D eigenvalue weighted by molar-refractivity contribution is -0.119. The fraction of sp³-hybridized carbons (Fsp3) is 0.304. The summed E-state index contributed by atoms with van der Waals surface area (Å²) in [5.41, 5.74) is 4.74. The molecule has 0 fully saturated rings. The van der Waals surface area contributed by atoms with Crippen molar-refractivity contribution in [3.63, 3.8) is 0 Å². The number of hydrogen-bond donors (Lipinski definition) is 2. The minimum atomic E-state index is 0.0274. The minimum absolute atomic E-state index is 0.0274. The maximum absolute atomic E-state index is 11.1. The van der Waals surface area contributed by atoms with Crippen LogP contribution in [0.25, 0.3) is 11.3 Å². The molecule has 2 aromatic carbocycles. The van der Waals surface area contributed by atoms with Crippen molar-refractivity contribution in [3.05, 3.63) is 71.1 Å². The first-order chi connectivity index (χ1) is 13.6. The number of hydrogen-bond acceptors (Lipinski definition) is 4. The number of carbonyl (C=O) groups is 1. The van der Waals surface area contributed by atoms with Gasteiger partial charge in [-0.3, -0.25) is 4.79 Å². The maximum atomic E-state index is 11.1. The van der Waals surface area contributed by atoms with E-state index >= 15 is 0 Å². The van der Waals surface area contributed by atoms with Crippen LogP contribution >= 0.6 is 11.3 Å². The molecule has 0 aliphatic carbocycles. The Labute approximate surface area is 171 Å². The van der Waals surface area contributed by atoms with Gasteiger partial charge in [0.1, 0.15) is 0 Å². The molecule has 0 saturated carbocycles. The van der Waals surface area contributed by atoms with Gasteiger partial charge in [-0.05, 0) is 37.3 Å². The topological polar surface area (TPSA) is 54.0 Å². The molecule has 5 heteroatoms. The molecule has 1 atom stereocenters. The van der Waals surface area contributed by atoms with E-state index in [9.17, 15) is 4.79 Å². The van der Waals surface area contributed by atoms with Crippen molar-refractivity contribution in [1.82, 2.24) is 10.3 Å². The van der Waals surface area contributed by atoms with E-state index in [1.807, 2.05) is 13.0 Å². The minimum Gasteiger partial charge on any atom is -0.361 e. The molecule has 2 N–H and O–H groups in total. The third-order valence-corrected chi connectivity index (χ3v) is 5.40. The van der Waals surface area contributed by atoms with Gasteiger partial charge in [-0.15, -0.1) is 11.3 Å². The summed E-state index contributed by atoms with van der Waals surface area (Å²) in [7, 11) is 0. The summed E-state index contributed by atoms with van der Waals surface area (Å²) < 4.78 is 0. The number of aryl methyl sites for hydroxylation is 1. The zero-order valence-electron chi connectivity index (χ0n) is 16.4. The third-order valence-electron chi connectivity index (χ3n) is 4.60. The smallest absolute Gasteiger partial charge is 0.217 e. The van der Waals surface area contributed by atoms with Crippen LogP contribution in [0.15, 0.2) is 60.0 Å². The highest BCUT2D eigenvalue weighted by atomic mass is 32.1. The zero-order valence-corrected chi connectivity index (χ0v) is 17.3. The highest BCUT2D eigenvalue weighted by Gasteiger charge is 2.06. The van der Waals surface area contributed by atoms with Gasteiger partial charge in [0.15, 0.2) is 5.13 Å². The molecule has 1 aromatic heterocycles. The molecule has 0 bridgehead atoms. The van der Waals surface area contributed by atoms with Crippen molar-refractivity contribution in [3.8, 4) is 11.3 Å². The molecular weight excluding hydrogens is 366 g/mol. The zero-order chi connectivity index (χ0) is 19.8. The predicted octanol–water partition coefficient (Wildman–Crippen LogP) is 4.92. The highest BCUT2D eigenvalue weighted by Crippen LogP contribution is 2.25. The molecule has 1 heterocycles. The van der Waals surface area contributed by atoms with Crippen LogP contribution in [-0.2, 0) is 17.6 Å². The summed E-state index contributed by atoms with van der Waals surface area (Å²) >= 11 is 1.64. The molecule has 0 aliphatic heterocycles. The van der Waals surface area contributed by atoms with Gasteiger partial charge in [0.05, 0.1) is 5.69 Å². The lowest BCUT2D eigenvalue weighted by atomic mass is 10.0. The lowest BCUT2D eigenvalue weighted by Gasteiger charge is -2.12. The Bertz CT molecular complexity index is 874. The van der Waals surface area contributed by atoms with Crippen LogP contribution in [0.1, 0.15) is 31.4 Å². The van der Waals surface area contributed by atoms with E-state index in [-0.39, 0.29) is 11.9 Å². The van der Waals surface area contributed by atoms with Gasteiger partial charge in [-0.25, -0.2) is 4.98 Å². The van der Waals surface area contributed by atoms with Crippen molar-refractivity contribution in [2.75, 3.05) is 11.9 Å². The molecule has 3 aromatic rings. The SMILES string of the molecule is CC(=O)N[C@@H](C)CCc1ccc(-c2csc(NCCc3ccccc3)n2)cc1. The monoisotopic (exact) mass is 393 g/mol. The Hall–Kier alpha value is -2.66. The van der Waals surface area contributed by atoms with E-state index < -0.39 is 0 Å².